The number of anilines is 1. The van der Waals surface area contributed by atoms with Crippen molar-refractivity contribution in [1.29, 1.82) is 0 Å². The first-order valence-corrected chi connectivity index (χ1v) is 11.5. The van der Waals surface area contributed by atoms with Crippen LogP contribution in [0.25, 0.3) is 16.0 Å². The summed E-state index contributed by atoms with van der Waals surface area (Å²) in [6.45, 7) is 3.98. The van der Waals surface area contributed by atoms with Crippen LogP contribution in [0, 0.1) is 13.8 Å². The summed E-state index contributed by atoms with van der Waals surface area (Å²) in [4.78, 5) is 32.6. The van der Waals surface area contributed by atoms with E-state index < -0.39 is 17.7 Å². The summed E-state index contributed by atoms with van der Waals surface area (Å²) in [5.41, 5.74) is 4.03. The van der Waals surface area contributed by atoms with Gasteiger partial charge in [0.1, 0.15) is 5.76 Å². The summed E-state index contributed by atoms with van der Waals surface area (Å²) in [7, 11) is 0. The molecular weight excluding hydrogens is 456 g/mol. The highest BCUT2D eigenvalue weighted by Crippen LogP contribution is 2.44. The quantitative estimate of drug-likeness (QED) is 0.218. The molecule has 1 saturated heterocycles. The predicted molar refractivity (Wildman–Crippen MR) is 132 cm³/mol. The molecule has 4 aromatic rings. The van der Waals surface area contributed by atoms with Crippen LogP contribution in [-0.4, -0.2) is 21.8 Å². The minimum absolute atomic E-state index is 0.0284. The number of fused-ring (bicyclic) bond motifs is 1. The zero-order valence-electron chi connectivity index (χ0n) is 17.9. The van der Waals surface area contributed by atoms with Gasteiger partial charge in [0.05, 0.1) is 21.8 Å². The molecule has 5 nitrogen and oxygen atoms in total. The van der Waals surface area contributed by atoms with Crippen LogP contribution in [0.1, 0.15) is 28.3 Å². The van der Waals surface area contributed by atoms with Gasteiger partial charge in [-0.1, -0.05) is 71.5 Å². The van der Waals surface area contributed by atoms with E-state index in [1.165, 1.54) is 16.2 Å². The molecule has 3 aromatic carbocycles. The molecule has 0 radical (unpaired) electrons. The van der Waals surface area contributed by atoms with E-state index in [1.54, 1.807) is 48.5 Å². The van der Waals surface area contributed by atoms with Gasteiger partial charge in [0, 0.05) is 10.6 Å². The fourth-order valence-corrected chi connectivity index (χ4v) is 5.50. The van der Waals surface area contributed by atoms with E-state index in [0.717, 1.165) is 21.3 Å². The summed E-state index contributed by atoms with van der Waals surface area (Å²) < 4.78 is 0.933. The number of hydrogen-bond acceptors (Lipinski definition) is 5. The van der Waals surface area contributed by atoms with Crippen molar-refractivity contribution in [2.45, 2.75) is 19.9 Å². The second-order valence-corrected chi connectivity index (χ2v) is 9.46. The minimum atomic E-state index is -0.829. The maximum Gasteiger partial charge on any atom is 0.301 e. The lowest BCUT2D eigenvalue weighted by atomic mass is 9.95. The molecule has 0 unspecified atom stereocenters. The van der Waals surface area contributed by atoms with Gasteiger partial charge < -0.3 is 5.11 Å². The first kappa shape index (κ1) is 21.4. The molecule has 1 amide bonds. The second kappa shape index (κ2) is 8.14. The molecule has 2 heterocycles. The first-order valence-electron chi connectivity index (χ1n) is 10.3. The highest BCUT2D eigenvalue weighted by Gasteiger charge is 2.48. The number of halogens is 1. The van der Waals surface area contributed by atoms with E-state index in [-0.39, 0.29) is 11.3 Å². The standard InChI is InChI=1S/C26H19ClN2O3S/c1-14-12-15(2)21-19(13-14)33-26(28-21)29-22(16-8-10-18(27)11-9-16)20(24(31)25(29)32)23(30)17-6-4-3-5-7-17/h3-13,22,30H,1-2H3/t22-/m1/s1. The number of carbonyl (C=O) groups is 2. The van der Waals surface area contributed by atoms with Gasteiger partial charge in [0.2, 0.25) is 0 Å². The summed E-state index contributed by atoms with van der Waals surface area (Å²) in [6, 6.07) is 18.9. The molecule has 1 aromatic heterocycles. The molecule has 1 N–H and O–H groups in total. The number of Topliss-reactive ketones (excluding diaryl/α,β-unsaturated/α-hetero) is 1. The number of aliphatic hydroxyl groups is 1. The Labute approximate surface area is 199 Å². The molecule has 33 heavy (non-hydrogen) atoms. The Morgan fingerprint density at radius 2 is 1.73 bits per heavy atom. The second-order valence-electron chi connectivity index (χ2n) is 8.01. The first-order chi connectivity index (χ1) is 15.8. The van der Waals surface area contributed by atoms with Crippen molar-refractivity contribution in [3.63, 3.8) is 0 Å². The average molecular weight is 475 g/mol. The fourth-order valence-electron chi connectivity index (χ4n) is 4.20. The fraction of sp³-hybridized carbons (Fsp3) is 0.115. The van der Waals surface area contributed by atoms with Crippen LogP contribution in [0.4, 0.5) is 5.13 Å². The lowest BCUT2D eigenvalue weighted by molar-refractivity contribution is -0.132. The normalized spacial score (nSPS) is 17.8. The number of hydrogen-bond donors (Lipinski definition) is 1. The molecule has 1 fully saturated rings. The topological polar surface area (TPSA) is 70.5 Å². The largest absolute Gasteiger partial charge is 0.507 e. The molecule has 5 rings (SSSR count). The lowest BCUT2D eigenvalue weighted by Crippen LogP contribution is -2.29. The van der Waals surface area contributed by atoms with E-state index in [2.05, 4.69) is 0 Å². The highest BCUT2D eigenvalue weighted by molar-refractivity contribution is 7.22. The van der Waals surface area contributed by atoms with E-state index >= 15 is 0 Å². The van der Waals surface area contributed by atoms with Crippen LogP contribution >= 0.6 is 22.9 Å². The number of carbonyl (C=O) groups excluding carboxylic acids is 2. The van der Waals surface area contributed by atoms with E-state index in [9.17, 15) is 14.7 Å². The number of ketones is 1. The van der Waals surface area contributed by atoms with Crippen molar-refractivity contribution in [3.8, 4) is 0 Å². The van der Waals surface area contributed by atoms with Crippen LogP contribution < -0.4 is 4.90 Å². The van der Waals surface area contributed by atoms with Gasteiger partial charge in [-0.25, -0.2) is 4.98 Å². The monoisotopic (exact) mass is 474 g/mol. The number of aromatic nitrogens is 1. The van der Waals surface area contributed by atoms with Gasteiger partial charge in [0.25, 0.3) is 5.78 Å². The molecule has 1 atom stereocenters. The van der Waals surface area contributed by atoms with Crippen LogP contribution in [0.2, 0.25) is 5.02 Å². The molecule has 164 valence electrons. The zero-order valence-corrected chi connectivity index (χ0v) is 19.4. The molecule has 0 aliphatic carbocycles. The number of aryl methyl sites for hydroxylation is 2. The summed E-state index contributed by atoms with van der Waals surface area (Å²) in [5, 5.41) is 12.1. The Morgan fingerprint density at radius 3 is 2.42 bits per heavy atom. The molecule has 0 spiro atoms. The van der Waals surface area contributed by atoms with Crippen LogP contribution in [0.3, 0.4) is 0 Å². The van der Waals surface area contributed by atoms with Crippen molar-refractivity contribution in [3.05, 3.63) is 99.6 Å². The maximum atomic E-state index is 13.3. The SMILES string of the molecule is Cc1cc(C)c2nc(N3C(=O)C(=O)C(=C(O)c4ccccc4)[C@H]3c3ccc(Cl)cc3)sc2c1. The lowest BCUT2D eigenvalue weighted by Gasteiger charge is -2.23. The van der Waals surface area contributed by atoms with Crippen molar-refractivity contribution in [2.24, 2.45) is 0 Å². The Bertz CT molecular complexity index is 1440. The van der Waals surface area contributed by atoms with Crippen molar-refractivity contribution in [1.82, 2.24) is 4.98 Å². The number of rotatable bonds is 3. The van der Waals surface area contributed by atoms with Gasteiger partial charge >= 0.3 is 5.91 Å². The Hall–Kier alpha value is -3.48. The van der Waals surface area contributed by atoms with Crippen molar-refractivity contribution >= 4 is 55.7 Å². The third kappa shape index (κ3) is 3.61. The Kier molecular flexibility index (Phi) is 5.27. The maximum absolute atomic E-state index is 13.3. The number of thiazole rings is 1. The summed E-state index contributed by atoms with van der Waals surface area (Å²) >= 11 is 7.44. The van der Waals surface area contributed by atoms with Crippen LogP contribution in [-0.2, 0) is 9.59 Å². The molecule has 1 aliphatic heterocycles. The van der Waals surface area contributed by atoms with Gasteiger partial charge in [-0.3, -0.25) is 14.5 Å². The summed E-state index contributed by atoms with van der Waals surface area (Å²) in [5.74, 6) is -1.69. The highest BCUT2D eigenvalue weighted by atomic mass is 35.5. The average Bonchev–Trinajstić information content (AvgIpc) is 3.33. The third-order valence-electron chi connectivity index (χ3n) is 5.70. The minimum Gasteiger partial charge on any atom is -0.507 e. The van der Waals surface area contributed by atoms with E-state index in [4.69, 9.17) is 16.6 Å². The molecule has 7 heteroatoms. The Balaban J connectivity index is 1.75. The van der Waals surface area contributed by atoms with Gasteiger partial charge in [-0.2, -0.15) is 0 Å². The van der Waals surface area contributed by atoms with Crippen molar-refractivity contribution in [2.75, 3.05) is 4.90 Å². The molecule has 1 aliphatic rings. The zero-order chi connectivity index (χ0) is 23.3. The van der Waals surface area contributed by atoms with Crippen LogP contribution in [0.15, 0.2) is 72.3 Å². The number of aliphatic hydroxyl groups excluding tert-OH is 1. The number of benzene rings is 3. The number of nitrogens with zero attached hydrogens (tertiary/aromatic N) is 2. The summed E-state index contributed by atoms with van der Waals surface area (Å²) in [6.07, 6.45) is 0. The van der Waals surface area contributed by atoms with Crippen molar-refractivity contribution < 1.29 is 14.7 Å². The van der Waals surface area contributed by atoms with E-state index in [1.807, 2.05) is 32.0 Å². The molecule has 0 saturated carbocycles. The number of amides is 1. The Morgan fingerprint density at radius 1 is 1.03 bits per heavy atom. The third-order valence-corrected chi connectivity index (χ3v) is 6.96. The predicted octanol–water partition coefficient (Wildman–Crippen LogP) is 6.19. The molecule has 0 bridgehead atoms. The van der Waals surface area contributed by atoms with E-state index in [0.29, 0.717) is 21.3 Å². The smallest absolute Gasteiger partial charge is 0.301 e. The van der Waals surface area contributed by atoms with Crippen LogP contribution in [0.5, 0.6) is 0 Å². The molecular formula is C26H19ClN2O3S. The van der Waals surface area contributed by atoms with Gasteiger partial charge in [-0.15, -0.1) is 0 Å². The van der Waals surface area contributed by atoms with Gasteiger partial charge in [-0.05, 0) is 48.7 Å². The van der Waals surface area contributed by atoms with Gasteiger partial charge in [0.15, 0.2) is 5.13 Å².